The van der Waals surface area contributed by atoms with Gasteiger partial charge in [0.05, 0.1) is 27.5 Å². The molecule has 0 saturated carbocycles. The Balaban J connectivity index is 1.01. The molecule has 0 aliphatic carbocycles. The van der Waals surface area contributed by atoms with E-state index in [4.69, 9.17) is 4.42 Å². The molecule has 0 aliphatic rings. The van der Waals surface area contributed by atoms with Crippen LogP contribution in [-0.2, 0) is 0 Å². The second-order valence-electron chi connectivity index (χ2n) is 16.8. The van der Waals surface area contributed by atoms with Gasteiger partial charge < -0.3 is 13.6 Å². The van der Waals surface area contributed by atoms with Crippen LogP contribution in [0.2, 0.25) is 0 Å². The highest BCUT2D eigenvalue weighted by molar-refractivity contribution is 7.19. The number of hydrogen-bond acceptors (Lipinski definition) is 1. The van der Waals surface area contributed by atoms with Crippen molar-refractivity contribution in [2.75, 3.05) is 0 Å². The minimum absolute atomic E-state index is 0.910. The van der Waals surface area contributed by atoms with Gasteiger partial charge in [-0.2, -0.15) is 0 Å². The molecule has 300 valence electrons. The van der Waals surface area contributed by atoms with Gasteiger partial charge in [0, 0.05) is 38.3 Å². The van der Waals surface area contributed by atoms with Crippen LogP contribution in [-0.4, -0.2) is 17.2 Å². The van der Waals surface area contributed by atoms with Gasteiger partial charge in [0.1, 0.15) is 11.2 Å². The van der Waals surface area contributed by atoms with E-state index in [1.165, 1.54) is 64.8 Å². The summed E-state index contributed by atoms with van der Waals surface area (Å²) in [6.45, 7) is 0. The van der Waals surface area contributed by atoms with Gasteiger partial charge in [0.25, 0.3) is 0 Å². The van der Waals surface area contributed by atoms with E-state index in [1.54, 1.807) is 0 Å². The number of para-hydroxylation sites is 4. The summed E-state index contributed by atoms with van der Waals surface area (Å²) < 4.78 is 11.5. The first kappa shape index (κ1) is 36.5. The van der Waals surface area contributed by atoms with Crippen molar-refractivity contribution in [3.05, 3.63) is 243 Å². The molecular formula is C60H40N2OSi. The lowest BCUT2D eigenvalue weighted by atomic mass is 10.0. The lowest BCUT2D eigenvalue weighted by molar-refractivity contribution is 0.673. The largest absolute Gasteiger partial charge is 0.455 e. The van der Waals surface area contributed by atoms with Gasteiger partial charge in [-0.25, -0.2) is 0 Å². The number of fused-ring (bicyclic) bond motifs is 10. The van der Waals surface area contributed by atoms with Gasteiger partial charge in [-0.05, 0) is 98.6 Å². The number of rotatable bonds is 7. The molecule has 4 heteroatoms. The second kappa shape index (κ2) is 14.5. The zero-order chi connectivity index (χ0) is 42.2. The number of nitrogens with zero attached hydrogens (tertiary/aromatic N) is 2. The summed E-state index contributed by atoms with van der Waals surface area (Å²) in [5, 5.41) is 12.4. The minimum atomic E-state index is -2.92. The summed E-state index contributed by atoms with van der Waals surface area (Å²) in [7, 11) is -2.92. The maximum atomic E-state index is 6.67. The van der Waals surface area contributed by atoms with Crippen molar-refractivity contribution < 1.29 is 4.42 Å². The van der Waals surface area contributed by atoms with E-state index in [0.717, 1.165) is 44.0 Å². The second-order valence-corrected chi connectivity index (χ2v) is 20.6. The number of furan rings is 1. The number of aromatic nitrogens is 2. The molecule has 0 spiro atoms. The van der Waals surface area contributed by atoms with Crippen LogP contribution in [0.25, 0.3) is 88.1 Å². The molecule has 3 nitrogen and oxygen atoms in total. The lowest BCUT2D eigenvalue weighted by Crippen LogP contribution is -2.74. The van der Waals surface area contributed by atoms with Crippen LogP contribution in [0.5, 0.6) is 0 Å². The van der Waals surface area contributed by atoms with Crippen LogP contribution in [0.4, 0.5) is 0 Å². The first-order valence-electron chi connectivity index (χ1n) is 22.0. The third kappa shape index (κ3) is 5.39. The van der Waals surface area contributed by atoms with Gasteiger partial charge in [-0.1, -0.05) is 176 Å². The zero-order valence-corrected chi connectivity index (χ0v) is 35.9. The fourth-order valence-corrected chi connectivity index (χ4v) is 15.5. The van der Waals surface area contributed by atoms with E-state index in [-0.39, 0.29) is 0 Å². The van der Waals surface area contributed by atoms with E-state index in [9.17, 15) is 0 Å². The van der Waals surface area contributed by atoms with Crippen LogP contribution >= 0.6 is 0 Å². The standard InChI is InChI=1S/C60H40N2OSi/c1-4-17-43(18-5-1)61-54-28-13-10-25-49(54)53-39-42(33-37-56(53)61)41-31-34-47(35-32-41)64(45-20-6-2-7-21-45,46-22-8-3-9-23-46)48-24-16-19-44(40-48)62-55-29-14-11-27-52(55)59-57(62)38-36-51-50-26-12-15-30-58(50)63-60(51)59/h1-40H. The quantitative estimate of drug-likeness (QED) is 0.116. The molecule has 0 aliphatic heterocycles. The predicted molar refractivity (Wildman–Crippen MR) is 271 cm³/mol. The summed E-state index contributed by atoms with van der Waals surface area (Å²) in [6.07, 6.45) is 0. The molecule has 3 aromatic heterocycles. The minimum Gasteiger partial charge on any atom is -0.455 e. The predicted octanol–water partition coefficient (Wildman–Crippen LogP) is 12.8. The van der Waals surface area contributed by atoms with E-state index in [2.05, 4.69) is 246 Å². The Kier molecular flexibility index (Phi) is 8.23. The Hall–Kier alpha value is -8.18. The third-order valence-corrected chi connectivity index (χ3v) is 18.2. The van der Waals surface area contributed by atoms with Crippen molar-refractivity contribution in [3.63, 3.8) is 0 Å². The topological polar surface area (TPSA) is 23.0 Å². The maximum absolute atomic E-state index is 6.67. The Morgan fingerprint density at radius 1 is 0.297 bits per heavy atom. The van der Waals surface area contributed by atoms with Crippen molar-refractivity contribution >= 4 is 94.4 Å². The molecule has 0 N–H and O–H groups in total. The molecule has 3 heterocycles. The smallest absolute Gasteiger partial charge is 0.179 e. The van der Waals surface area contributed by atoms with E-state index < -0.39 is 8.07 Å². The highest BCUT2D eigenvalue weighted by atomic mass is 28.3. The van der Waals surface area contributed by atoms with Crippen LogP contribution in [0.15, 0.2) is 247 Å². The van der Waals surface area contributed by atoms with Gasteiger partial charge in [0.15, 0.2) is 8.07 Å². The molecular weight excluding hydrogens is 793 g/mol. The molecule has 0 bridgehead atoms. The van der Waals surface area contributed by atoms with Crippen LogP contribution in [0, 0.1) is 0 Å². The molecule has 0 radical (unpaired) electrons. The average molecular weight is 833 g/mol. The Morgan fingerprint density at radius 3 is 1.55 bits per heavy atom. The fraction of sp³-hybridized carbons (Fsp3) is 0. The monoisotopic (exact) mass is 832 g/mol. The summed E-state index contributed by atoms with van der Waals surface area (Å²) >= 11 is 0. The first-order chi connectivity index (χ1) is 31.8. The Labute approximate surface area is 371 Å². The molecule has 10 aromatic carbocycles. The highest BCUT2D eigenvalue weighted by Crippen LogP contribution is 2.41. The molecule has 0 atom stereocenters. The maximum Gasteiger partial charge on any atom is 0.179 e. The van der Waals surface area contributed by atoms with Crippen molar-refractivity contribution in [3.8, 4) is 22.5 Å². The summed E-state index contributed by atoms with van der Waals surface area (Å²) in [5.41, 5.74) is 11.2. The third-order valence-electron chi connectivity index (χ3n) is 13.5. The molecule has 13 rings (SSSR count). The van der Waals surface area contributed by atoms with E-state index >= 15 is 0 Å². The lowest BCUT2D eigenvalue weighted by Gasteiger charge is -2.35. The average Bonchev–Trinajstić information content (AvgIpc) is 4.03. The van der Waals surface area contributed by atoms with Crippen LogP contribution in [0.1, 0.15) is 0 Å². The summed E-state index contributed by atoms with van der Waals surface area (Å²) in [4.78, 5) is 0. The fourth-order valence-electron chi connectivity index (χ4n) is 10.7. The van der Waals surface area contributed by atoms with Crippen molar-refractivity contribution in [2.24, 2.45) is 0 Å². The molecule has 64 heavy (non-hydrogen) atoms. The van der Waals surface area contributed by atoms with Crippen molar-refractivity contribution in [1.29, 1.82) is 0 Å². The highest BCUT2D eigenvalue weighted by Gasteiger charge is 2.41. The van der Waals surface area contributed by atoms with Gasteiger partial charge in [-0.3, -0.25) is 0 Å². The van der Waals surface area contributed by atoms with Crippen molar-refractivity contribution in [2.45, 2.75) is 0 Å². The Bertz CT molecular complexity index is 3840. The van der Waals surface area contributed by atoms with Crippen molar-refractivity contribution in [1.82, 2.24) is 9.13 Å². The molecule has 0 unspecified atom stereocenters. The van der Waals surface area contributed by atoms with Gasteiger partial charge >= 0.3 is 0 Å². The van der Waals surface area contributed by atoms with Crippen LogP contribution < -0.4 is 20.7 Å². The molecule has 0 fully saturated rings. The number of hydrogen-bond donors (Lipinski definition) is 0. The SMILES string of the molecule is c1ccc(-n2c3ccccc3c3cc(-c4ccc([Si](c5ccccc5)(c5ccccc5)c5cccc(-n6c7ccccc7c7c8oc9ccccc9c8ccc76)c5)cc4)ccc32)cc1. The Morgan fingerprint density at radius 2 is 0.812 bits per heavy atom. The summed E-state index contributed by atoms with van der Waals surface area (Å²) in [6, 6.07) is 89.3. The molecule has 0 amide bonds. The van der Waals surface area contributed by atoms with E-state index in [0.29, 0.717) is 0 Å². The zero-order valence-electron chi connectivity index (χ0n) is 34.9. The number of benzene rings is 10. The molecule has 0 saturated heterocycles. The first-order valence-corrected chi connectivity index (χ1v) is 24.0. The van der Waals surface area contributed by atoms with Gasteiger partial charge in [-0.15, -0.1) is 0 Å². The van der Waals surface area contributed by atoms with Gasteiger partial charge in [0.2, 0.25) is 0 Å². The van der Waals surface area contributed by atoms with E-state index in [1.807, 2.05) is 6.07 Å². The summed E-state index contributed by atoms with van der Waals surface area (Å²) in [5.74, 6) is 0. The normalized spacial score (nSPS) is 12.1. The van der Waals surface area contributed by atoms with Crippen LogP contribution in [0.3, 0.4) is 0 Å². The molecule has 13 aromatic rings.